The van der Waals surface area contributed by atoms with Gasteiger partial charge in [-0.1, -0.05) is 36.2 Å². The maximum Gasteiger partial charge on any atom is 0.337 e. The molecule has 176 valence electrons. The summed E-state index contributed by atoms with van der Waals surface area (Å²) in [5, 5.41) is 6.36. The molecule has 1 fully saturated rings. The molecule has 0 atom stereocenters. The Balaban J connectivity index is 1.53. The summed E-state index contributed by atoms with van der Waals surface area (Å²) in [5.41, 5.74) is 1.45. The van der Waals surface area contributed by atoms with Gasteiger partial charge in [0.25, 0.3) is 5.91 Å². The highest BCUT2D eigenvalue weighted by atomic mass is 32.2. The van der Waals surface area contributed by atoms with Crippen molar-refractivity contribution in [3.05, 3.63) is 59.7 Å². The number of ether oxygens (including phenoxy) is 1. The van der Waals surface area contributed by atoms with Crippen LogP contribution in [0.3, 0.4) is 0 Å². The van der Waals surface area contributed by atoms with Crippen LogP contribution in [0.2, 0.25) is 0 Å². The van der Waals surface area contributed by atoms with Gasteiger partial charge in [-0.2, -0.15) is 4.31 Å². The van der Waals surface area contributed by atoms with E-state index in [4.69, 9.17) is 4.84 Å². The lowest BCUT2D eigenvalue weighted by molar-refractivity contribution is -0.120. The van der Waals surface area contributed by atoms with Crippen molar-refractivity contribution < 1.29 is 27.6 Å². The van der Waals surface area contributed by atoms with Crippen LogP contribution in [-0.4, -0.2) is 57.6 Å². The lowest BCUT2D eigenvalue weighted by Gasteiger charge is -2.20. The third-order valence-electron chi connectivity index (χ3n) is 5.12. The van der Waals surface area contributed by atoms with E-state index in [1.54, 1.807) is 36.4 Å². The SMILES string of the molecule is COC(=O)c1ccc(/C=N/OCC(=O)Nc2cccc(S(=O)(=O)N3CCCCCC3)c2)cc1. The smallest absolute Gasteiger partial charge is 0.337 e. The lowest BCUT2D eigenvalue weighted by atomic mass is 10.1. The number of carbonyl (C=O) groups excluding carboxylic acids is 2. The number of hydrogen-bond donors (Lipinski definition) is 1. The van der Waals surface area contributed by atoms with E-state index < -0.39 is 21.9 Å². The van der Waals surface area contributed by atoms with Gasteiger partial charge in [0.05, 0.1) is 23.8 Å². The second kappa shape index (κ2) is 11.6. The largest absolute Gasteiger partial charge is 0.465 e. The van der Waals surface area contributed by atoms with Crippen molar-refractivity contribution in [3.8, 4) is 0 Å². The molecule has 0 bridgehead atoms. The second-order valence-corrected chi connectivity index (χ2v) is 9.45. The number of nitrogens with one attached hydrogen (secondary N) is 1. The van der Waals surface area contributed by atoms with Crippen molar-refractivity contribution in [1.82, 2.24) is 4.31 Å². The van der Waals surface area contributed by atoms with Gasteiger partial charge < -0.3 is 14.9 Å². The molecule has 2 aromatic carbocycles. The fourth-order valence-electron chi connectivity index (χ4n) is 3.38. The molecule has 1 aliphatic rings. The fourth-order valence-corrected chi connectivity index (χ4v) is 4.94. The first-order chi connectivity index (χ1) is 15.9. The van der Waals surface area contributed by atoms with E-state index in [1.807, 2.05) is 0 Å². The van der Waals surface area contributed by atoms with Crippen LogP contribution in [0.4, 0.5) is 5.69 Å². The van der Waals surface area contributed by atoms with Crippen LogP contribution >= 0.6 is 0 Å². The number of amides is 1. The highest BCUT2D eigenvalue weighted by molar-refractivity contribution is 7.89. The molecule has 0 unspecified atom stereocenters. The predicted molar refractivity (Wildman–Crippen MR) is 124 cm³/mol. The van der Waals surface area contributed by atoms with Crippen LogP contribution in [0.15, 0.2) is 58.6 Å². The van der Waals surface area contributed by atoms with Gasteiger partial charge in [0.15, 0.2) is 6.61 Å². The molecule has 1 saturated heterocycles. The van der Waals surface area contributed by atoms with Crippen LogP contribution in [0.1, 0.15) is 41.6 Å². The average Bonchev–Trinajstić information content (AvgIpc) is 3.12. The third-order valence-corrected chi connectivity index (χ3v) is 7.02. The minimum absolute atomic E-state index is 0.150. The molecule has 2 aromatic rings. The Morgan fingerprint density at radius 3 is 2.42 bits per heavy atom. The van der Waals surface area contributed by atoms with Gasteiger partial charge in [0, 0.05) is 18.8 Å². The molecule has 33 heavy (non-hydrogen) atoms. The zero-order valence-corrected chi connectivity index (χ0v) is 19.2. The molecule has 0 saturated carbocycles. The predicted octanol–water partition coefficient (Wildman–Crippen LogP) is 3.03. The second-order valence-electron chi connectivity index (χ2n) is 7.52. The van der Waals surface area contributed by atoms with E-state index in [0.717, 1.165) is 25.7 Å². The Morgan fingerprint density at radius 2 is 1.76 bits per heavy atom. The maximum absolute atomic E-state index is 12.9. The van der Waals surface area contributed by atoms with Crippen molar-refractivity contribution in [3.63, 3.8) is 0 Å². The van der Waals surface area contributed by atoms with Crippen molar-refractivity contribution >= 4 is 33.8 Å². The zero-order chi connectivity index (χ0) is 23.7. The van der Waals surface area contributed by atoms with Crippen LogP contribution in [0.5, 0.6) is 0 Å². The molecule has 1 heterocycles. The molecule has 1 amide bonds. The number of methoxy groups -OCH3 is 1. The molecule has 9 nitrogen and oxygen atoms in total. The zero-order valence-electron chi connectivity index (χ0n) is 18.4. The van der Waals surface area contributed by atoms with Crippen molar-refractivity contribution in [1.29, 1.82) is 0 Å². The number of hydrogen-bond acceptors (Lipinski definition) is 7. The molecule has 1 N–H and O–H groups in total. The summed E-state index contributed by atoms with van der Waals surface area (Å²) in [7, 11) is -2.30. The number of benzene rings is 2. The summed E-state index contributed by atoms with van der Waals surface area (Å²) in [6.07, 6.45) is 5.17. The van der Waals surface area contributed by atoms with Gasteiger partial charge in [-0.25, -0.2) is 13.2 Å². The van der Waals surface area contributed by atoms with E-state index in [9.17, 15) is 18.0 Å². The summed E-state index contributed by atoms with van der Waals surface area (Å²) in [6.45, 7) is 0.673. The van der Waals surface area contributed by atoms with E-state index in [1.165, 1.54) is 29.8 Å². The van der Waals surface area contributed by atoms with Gasteiger partial charge in [-0.15, -0.1) is 0 Å². The van der Waals surface area contributed by atoms with E-state index >= 15 is 0 Å². The summed E-state index contributed by atoms with van der Waals surface area (Å²) >= 11 is 0. The van der Waals surface area contributed by atoms with Crippen molar-refractivity contribution in [2.45, 2.75) is 30.6 Å². The molecular weight excluding hydrogens is 446 g/mol. The Kier molecular flexibility index (Phi) is 8.56. The summed E-state index contributed by atoms with van der Waals surface area (Å²) in [4.78, 5) is 28.7. The molecule has 0 radical (unpaired) electrons. The Labute approximate surface area is 193 Å². The van der Waals surface area contributed by atoms with Gasteiger partial charge in [-0.05, 0) is 48.7 Å². The molecule has 0 aliphatic carbocycles. The Bertz CT molecular complexity index is 1090. The summed E-state index contributed by atoms with van der Waals surface area (Å²) < 4.78 is 32.0. The number of sulfonamides is 1. The fraction of sp³-hybridized carbons (Fsp3) is 0.348. The number of carbonyl (C=O) groups is 2. The topological polar surface area (TPSA) is 114 Å². The van der Waals surface area contributed by atoms with Crippen molar-refractivity contribution in [2.75, 3.05) is 32.1 Å². The number of rotatable bonds is 8. The summed E-state index contributed by atoms with van der Waals surface area (Å²) in [6, 6.07) is 12.7. The highest BCUT2D eigenvalue weighted by Crippen LogP contribution is 2.22. The molecule has 1 aliphatic heterocycles. The quantitative estimate of drug-likeness (QED) is 0.358. The number of nitrogens with zero attached hydrogens (tertiary/aromatic N) is 2. The van der Waals surface area contributed by atoms with Gasteiger partial charge in [0.2, 0.25) is 10.0 Å². The normalized spacial score (nSPS) is 15.1. The first-order valence-electron chi connectivity index (χ1n) is 10.6. The van der Waals surface area contributed by atoms with Crippen LogP contribution in [-0.2, 0) is 24.4 Å². The van der Waals surface area contributed by atoms with E-state index in [2.05, 4.69) is 15.2 Å². The van der Waals surface area contributed by atoms with Gasteiger partial charge in [0.1, 0.15) is 0 Å². The maximum atomic E-state index is 12.9. The van der Waals surface area contributed by atoms with Crippen LogP contribution in [0, 0.1) is 0 Å². The molecule has 3 rings (SSSR count). The Morgan fingerprint density at radius 1 is 1.06 bits per heavy atom. The van der Waals surface area contributed by atoms with Crippen LogP contribution in [0.25, 0.3) is 0 Å². The number of esters is 1. The van der Waals surface area contributed by atoms with Gasteiger partial charge in [-0.3, -0.25) is 4.79 Å². The van der Waals surface area contributed by atoms with Crippen LogP contribution < -0.4 is 5.32 Å². The number of oxime groups is 1. The summed E-state index contributed by atoms with van der Waals surface area (Å²) in [5.74, 6) is -0.910. The highest BCUT2D eigenvalue weighted by Gasteiger charge is 2.25. The monoisotopic (exact) mass is 473 g/mol. The average molecular weight is 474 g/mol. The first kappa shape index (κ1) is 24.4. The standard InChI is InChI=1S/C23H27N3O6S/c1-31-23(28)19-11-9-18(10-12-19)16-24-32-17-22(27)25-20-7-6-8-21(15-20)33(29,30)26-13-4-2-3-5-14-26/h6-12,15-16H,2-5,13-14,17H2,1H3,(H,25,27)/b24-16+. The first-order valence-corrected chi connectivity index (χ1v) is 12.1. The molecule has 0 aromatic heterocycles. The Hall–Kier alpha value is -3.24. The number of anilines is 1. The molecular formula is C23H27N3O6S. The van der Waals surface area contributed by atoms with E-state index in [0.29, 0.717) is 29.9 Å². The minimum atomic E-state index is -3.61. The molecule has 10 heteroatoms. The van der Waals surface area contributed by atoms with Crippen molar-refractivity contribution in [2.24, 2.45) is 5.16 Å². The minimum Gasteiger partial charge on any atom is -0.465 e. The third kappa shape index (κ3) is 6.87. The van der Waals surface area contributed by atoms with E-state index in [-0.39, 0.29) is 11.5 Å². The lowest BCUT2D eigenvalue weighted by Crippen LogP contribution is -2.32. The molecule has 0 spiro atoms. The van der Waals surface area contributed by atoms with Gasteiger partial charge >= 0.3 is 5.97 Å².